The van der Waals surface area contributed by atoms with Crippen molar-refractivity contribution in [2.24, 2.45) is 5.92 Å². The first-order chi connectivity index (χ1) is 12.8. The zero-order valence-corrected chi connectivity index (χ0v) is 16.1. The highest BCUT2D eigenvalue weighted by molar-refractivity contribution is 5.69. The molecule has 0 amide bonds. The van der Waals surface area contributed by atoms with E-state index in [0.717, 1.165) is 0 Å². The number of nitrogens with one attached hydrogen (secondary N) is 2. The molecule has 1 aromatic heterocycles. The molecule has 0 unspecified atom stereocenters. The van der Waals surface area contributed by atoms with Gasteiger partial charge in [-0.05, 0) is 44.0 Å². The normalized spacial score (nSPS) is 10.7. The van der Waals surface area contributed by atoms with Crippen molar-refractivity contribution in [1.29, 1.82) is 0 Å². The van der Waals surface area contributed by atoms with Gasteiger partial charge in [-0.15, -0.1) is 0 Å². The largest absolute Gasteiger partial charge is 0.370 e. The van der Waals surface area contributed by atoms with Crippen molar-refractivity contribution in [3.05, 3.63) is 46.3 Å². The lowest BCUT2D eigenvalue weighted by Crippen LogP contribution is -2.22. The van der Waals surface area contributed by atoms with Gasteiger partial charge in [0.05, 0.1) is 10.6 Å². The Morgan fingerprint density at radius 2 is 1.93 bits per heavy atom. The summed E-state index contributed by atoms with van der Waals surface area (Å²) in [6, 6.07) is 7.63. The van der Waals surface area contributed by atoms with E-state index in [4.69, 9.17) is 0 Å². The third kappa shape index (κ3) is 5.29. The fourth-order valence-electron chi connectivity index (χ4n) is 2.64. The maximum absolute atomic E-state index is 14.5. The van der Waals surface area contributed by atoms with Crippen LogP contribution in [0.3, 0.4) is 0 Å². The van der Waals surface area contributed by atoms with Gasteiger partial charge in [-0.2, -0.15) is 0 Å². The summed E-state index contributed by atoms with van der Waals surface area (Å²) in [5.41, 5.74) is 0.735. The molecule has 0 aliphatic heterocycles. The minimum atomic E-state index is -0.512. The molecule has 27 heavy (non-hydrogen) atoms. The molecule has 146 valence electrons. The molecular weight excluding hydrogens is 349 g/mol. The van der Waals surface area contributed by atoms with Gasteiger partial charge in [0.1, 0.15) is 11.6 Å². The number of hydrogen-bond donors (Lipinski definition) is 2. The summed E-state index contributed by atoms with van der Waals surface area (Å²) in [4.78, 5) is 17.0. The van der Waals surface area contributed by atoms with Crippen LogP contribution in [0.5, 0.6) is 0 Å². The molecule has 7 nitrogen and oxygen atoms in total. The number of anilines is 4. The number of rotatable bonds is 9. The molecule has 0 aliphatic carbocycles. The Balaban J connectivity index is 2.30. The van der Waals surface area contributed by atoms with Gasteiger partial charge in [-0.1, -0.05) is 13.8 Å². The van der Waals surface area contributed by atoms with Gasteiger partial charge in [-0.3, -0.25) is 10.1 Å². The van der Waals surface area contributed by atoms with E-state index in [1.54, 1.807) is 18.2 Å². The Kier molecular flexibility index (Phi) is 6.92. The van der Waals surface area contributed by atoms with Crippen LogP contribution in [-0.2, 0) is 0 Å². The second-order valence-electron chi connectivity index (χ2n) is 6.56. The van der Waals surface area contributed by atoms with E-state index in [2.05, 4.69) is 29.5 Å². The first kappa shape index (κ1) is 20.4. The molecular formula is C19H26FN5O2. The highest BCUT2D eigenvalue weighted by Crippen LogP contribution is 2.29. The molecule has 8 heteroatoms. The van der Waals surface area contributed by atoms with Crippen molar-refractivity contribution in [3.8, 4) is 0 Å². The Hall–Kier alpha value is -2.90. The fourth-order valence-corrected chi connectivity index (χ4v) is 2.64. The molecule has 2 rings (SSSR count). The fraction of sp³-hybridized carbons (Fsp3) is 0.421. The van der Waals surface area contributed by atoms with E-state index in [0.29, 0.717) is 42.7 Å². The number of benzene rings is 1. The van der Waals surface area contributed by atoms with Crippen LogP contribution in [0.4, 0.5) is 33.1 Å². The van der Waals surface area contributed by atoms with E-state index < -0.39 is 4.92 Å². The highest BCUT2D eigenvalue weighted by atomic mass is 19.1. The number of nitro groups is 1. The summed E-state index contributed by atoms with van der Waals surface area (Å²) >= 11 is 0. The van der Waals surface area contributed by atoms with E-state index in [9.17, 15) is 14.5 Å². The second kappa shape index (κ2) is 9.16. The number of hydrogen-bond acceptors (Lipinski definition) is 6. The van der Waals surface area contributed by atoms with Crippen molar-refractivity contribution in [2.75, 3.05) is 35.2 Å². The maximum atomic E-state index is 14.5. The highest BCUT2D eigenvalue weighted by Gasteiger charge is 2.17. The van der Waals surface area contributed by atoms with Gasteiger partial charge >= 0.3 is 5.69 Å². The lowest BCUT2D eigenvalue weighted by Gasteiger charge is -2.22. The summed E-state index contributed by atoms with van der Waals surface area (Å²) in [5, 5.41) is 17.3. The topological polar surface area (TPSA) is 83.3 Å². The molecule has 0 radical (unpaired) electrons. The average molecular weight is 375 g/mol. The van der Waals surface area contributed by atoms with Crippen LogP contribution < -0.4 is 15.5 Å². The predicted octanol–water partition coefficient (Wildman–Crippen LogP) is 4.79. The lowest BCUT2D eigenvalue weighted by molar-refractivity contribution is -0.384. The van der Waals surface area contributed by atoms with Crippen LogP contribution in [-0.4, -0.2) is 29.5 Å². The number of aromatic nitrogens is 1. The molecule has 2 aromatic rings. The first-order valence-corrected chi connectivity index (χ1v) is 9.06. The monoisotopic (exact) mass is 375 g/mol. The van der Waals surface area contributed by atoms with E-state index >= 15 is 0 Å². The molecule has 0 saturated carbocycles. The summed E-state index contributed by atoms with van der Waals surface area (Å²) < 4.78 is 14.5. The third-order valence-electron chi connectivity index (χ3n) is 4.08. The van der Waals surface area contributed by atoms with Crippen molar-refractivity contribution in [2.45, 2.75) is 27.7 Å². The molecule has 1 heterocycles. The predicted molar refractivity (Wildman–Crippen MR) is 107 cm³/mol. The standard InChI is InChI=1S/C19H26FN5O2/c1-5-24(6-2)16-8-7-14(11-15(16)20)22-19-17(25(26)27)9-10-18(23-19)21-12-13(3)4/h7-11,13H,5-6,12H2,1-4H3,(H2,21,22,23). The Morgan fingerprint density at radius 1 is 1.22 bits per heavy atom. The molecule has 0 bridgehead atoms. The van der Waals surface area contributed by atoms with Crippen molar-refractivity contribution in [1.82, 2.24) is 4.98 Å². The minimum absolute atomic E-state index is 0.0729. The van der Waals surface area contributed by atoms with Crippen LogP contribution in [0.2, 0.25) is 0 Å². The van der Waals surface area contributed by atoms with Gasteiger partial charge in [0, 0.05) is 31.4 Å². The first-order valence-electron chi connectivity index (χ1n) is 9.06. The summed E-state index contributed by atoms with van der Waals surface area (Å²) in [5.74, 6) is 0.612. The van der Waals surface area contributed by atoms with Crippen LogP contribution in [0, 0.1) is 21.8 Å². The van der Waals surface area contributed by atoms with Crippen LogP contribution >= 0.6 is 0 Å². The number of halogens is 1. The third-order valence-corrected chi connectivity index (χ3v) is 4.08. The van der Waals surface area contributed by atoms with Crippen LogP contribution in [0.1, 0.15) is 27.7 Å². The smallest absolute Gasteiger partial charge is 0.311 e. The van der Waals surface area contributed by atoms with Gasteiger partial charge in [-0.25, -0.2) is 9.37 Å². The van der Waals surface area contributed by atoms with Crippen molar-refractivity contribution < 1.29 is 9.31 Å². The molecule has 0 atom stereocenters. The summed E-state index contributed by atoms with van der Waals surface area (Å²) in [6.45, 7) is 10.1. The number of pyridine rings is 1. The van der Waals surface area contributed by atoms with Crippen LogP contribution in [0.15, 0.2) is 30.3 Å². The molecule has 1 aromatic carbocycles. The molecule has 0 saturated heterocycles. The van der Waals surface area contributed by atoms with Crippen LogP contribution in [0.25, 0.3) is 0 Å². The van der Waals surface area contributed by atoms with Gasteiger partial charge in [0.25, 0.3) is 0 Å². The Morgan fingerprint density at radius 3 is 2.48 bits per heavy atom. The molecule has 0 fully saturated rings. The zero-order chi connectivity index (χ0) is 20.0. The van der Waals surface area contributed by atoms with E-state index in [1.807, 2.05) is 18.7 Å². The Labute approximate surface area is 158 Å². The van der Waals surface area contributed by atoms with Crippen molar-refractivity contribution >= 4 is 28.7 Å². The average Bonchev–Trinajstić information content (AvgIpc) is 2.62. The molecule has 0 aliphatic rings. The van der Waals surface area contributed by atoms with Gasteiger partial charge in [0.2, 0.25) is 5.82 Å². The SMILES string of the molecule is CCN(CC)c1ccc(Nc2nc(NCC(C)C)ccc2[N+](=O)[O-])cc1F. The van der Waals surface area contributed by atoms with E-state index in [-0.39, 0.29) is 17.3 Å². The van der Waals surface area contributed by atoms with Gasteiger partial charge in [0.15, 0.2) is 0 Å². The Bertz CT molecular complexity index is 794. The lowest BCUT2D eigenvalue weighted by atomic mass is 10.2. The maximum Gasteiger partial charge on any atom is 0.311 e. The van der Waals surface area contributed by atoms with Crippen molar-refractivity contribution in [3.63, 3.8) is 0 Å². The van der Waals surface area contributed by atoms with E-state index in [1.165, 1.54) is 12.1 Å². The summed E-state index contributed by atoms with van der Waals surface area (Å²) in [7, 11) is 0. The second-order valence-corrected chi connectivity index (χ2v) is 6.56. The zero-order valence-electron chi connectivity index (χ0n) is 16.1. The summed E-state index contributed by atoms with van der Waals surface area (Å²) in [6.07, 6.45) is 0. The molecule has 0 spiro atoms. The van der Waals surface area contributed by atoms with Gasteiger partial charge < -0.3 is 15.5 Å². The minimum Gasteiger partial charge on any atom is -0.370 e. The number of nitrogens with zero attached hydrogens (tertiary/aromatic N) is 3. The quantitative estimate of drug-likeness (QED) is 0.484. The molecule has 2 N–H and O–H groups in total.